The number of ether oxygens (including phenoxy) is 2. The molecule has 26 heavy (non-hydrogen) atoms. The van der Waals surface area contributed by atoms with Crippen molar-refractivity contribution < 1.29 is 9.47 Å². The summed E-state index contributed by atoms with van der Waals surface area (Å²) in [6.45, 7) is 3.01. The largest absolute Gasteiger partial charge is 0.493 e. The Bertz CT molecular complexity index is 954. The molecule has 0 unspecified atom stereocenters. The Morgan fingerprint density at radius 1 is 1.27 bits per heavy atom. The number of benzene rings is 2. The first-order valence-electron chi connectivity index (χ1n) is 7.98. The maximum Gasteiger partial charge on any atom is 0.214 e. The van der Waals surface area contributed by atoms with Crippen LogP contribution >= 0.6 is 28.1 Å². The molecule has 0 radical (unpaired) electrons. The second-order valence-corrected chi connectivity index (χ2v) is 6.88. The van der Waals surface area contributed by atoms with E-state index in [1.165, 1.54) is 5.56 Å². The highest BCUT2D eigenvalue weighted by atomic mass is 79.9. The van der Waals surface area contributed by atoms with Crippen molar-refractivity contribution in [1.29, 1.82) is 0 Å². The van der Waals surface area contributed by atoms with E-state index < -0.39 is 0 Å². The van der Waals surface area contributed by atoms with Crippen LogP contribution in [-0.2, 0) is 13.2 Å². The number of rotatable bonds is 7. The fourth-order valence-corrected chi connectivity index (χ4v) is 3.13. The van der Waals surface area contributed by atoms with Crippen LogP contribution in [0.1, 0.15) is 16.7 Å². The molecule has 0 atom stereocenters. The minimum Gasteiger partial charge on any atom is -0.493 e. The van der Waals surface area contributed by atoms with E-state index in [-0.39, 0.29) is 0 Å². The van der Waals surface area contributed by atoms with Gasteiger partial charge in [0.1, 0.15) is 12.9 Å². The highest BCUT2D eigenvalue weighted by Crippen LogP contribution is 2.37. The Balaban J connectivity index is 1.86. The van der Waals surface area contributed by atoms with Gasteiger partial charge in [-0.25, -0.2) is 4.68 Å². The lowest BCUT2D eigenvalue weighted by Gasteiger charge is -2.18. The minimum atomic E-state index is 0.456. The molecule has 2 aromatic carbocycles. The van der Waals surface area contributed by atoms with E-state index in [4.69, 9.17) is 21.7 Å². The number of nitrogens with zero attached hydrogens (tertiary/aromatic N) is 2. The Labute approximate surface area is 165 Å². The van der Waals surface area contributed by atoms with Crippen LogP contribution in [0.2, 0.25) is 0 Å². The lowest BCUT2D eigenvalue weighted by molar-refractivity contribution is 0.280. The topological polar surface area (TPSA) is 64.1 Å². The SMILES string of the molecule is COc1ccc(Br)c(CNn2cn[nH]c2=S)c1OCc1ccccc1C. The minimum absolute atomic E-state index is 0.456. The first kappa shape index (κ1) is 18.5. The van der Waals surface area contributed by atoms with Crippen LogP contribution in [0.4, 0.5) is 0 Å². The van der Waals surface area contributed by atoms with Crippen LogP contribution in [0.25, 0.3) is 0 Å². The van der Waals surface area contributed by atoms with Crippen molar-refractivity contribution in [2.45, 2.75) is 20.1 Å². The molecule has 1 heterocycles. The maximum atomic E-state index is 6.15. The van der Waals surface area contributed by atoms with Crippen LogP contribution in [0.15, 0.2) is 47.2 Å². The van der Waals surface area contributed by atoms with Crippen molar-refractivity contribution in [2.75, 3.05) is 12.5 Å². The molecule has 0 saturated heterocycles. The summed E-state index contributed by atoms with van der Waals surface area (Å²) in [5.41, 5.74) is 6.45. The quantitative estimate of drug-likeness (QED) is 0.541. The van der Waals surface area contributed by atoms with Gasteiger partial charge in [0.25, 0.3) is 0 Å². The number of aromatic nitrogens is 3. The molecule has 8 heteroatoms. The number of halogens is 1. The third-order valence-electron chi connectivity index (χ3n) is 4.00. The van der Waals surface area contributed by atoms with Crippen molar-refractivity contribution in [2.24, 2.45) is 0 Å². The molecule has 2 N–H and O–H groups in total. The summed E-state index contributed by atoms with van der Waals surface area (Å²) in [5, 5.41) is 6.61. The zero-order valence-corrected chi connectivity index (χ0v) is 16.9. The van der Waals surface area contributed by atoms with Gasteiger partial charge in [-0.05, 0) is 42.4 Å². The van der Waals surface area contributed by atoms with Gasteiger partial charge in [0.15, 0.2) is 11.5 Å². The summed E-state index contributed by atoms with van der Waals surface area (Å²) in [7, 11) is 1.63. The molecule has 0 aliphatic heterocycles. The van der Waals surface area contributed by atoms with E-state index in [9.17, 15) is 0 Å². The summed E-state index contributed by atoms with van der Waals surface area (Å²) in [5.74, 6) is 1.36. The number of hydrogen-bond acceptors (Lipinski definition) is 5. The number of aromatic amines is 1. The van der Waals surface area contributed by atoms with Crippen molar-refractivity contribution in [3.05, 3.63) is 68.7 Å². The second-order valence-electron chi connectivity index (χ2n) is 5.64. The molecule has 3 rings (SSSR count). The predicted molar refractivity (Wildman–Crippen MR) is 107 cm³/mol. The van der Waals surface area contributed by atoms with Gasteiger partial charge in [-0.2, -0.15) is 5.10 Å². The van der Waals surface area contributed by atoms with Crippen molar-refractivity contribution in [3.8, 4) is 11.5 Å². The standard InChI is InChI=1S/C18H19BrN4O2S/c1-12-5-3-4-6-13(12)10-25-17-14(15(19)7-8-16(17)24-2)9-21-23-11-20-22-18(23)26/h3-8,11,21H,9-10H2,1-2H3,(H,22,26). The monoisotopic (exact) mass is 434 g/mol. The van der Waals surface area contributed by atoms with Crippen LogP contribution < -0.4 is 14.9 Å². The van der Waals surface area contributed by atoms with E-state index in [0.717, 1.165) is 15.6 Å². The van der Waals surface area contributed by atoms with E-state index in [2.05, 4.69) is 50.6 Å². The molecule has 0 aliphatic carbocycles. The van der Waals surface area contributed by atoms with E-state index in [1.54, 1.807) is 18.1 Å². The Morgan fingerprint density at radius 2 is 2.08 bits per heavy atom. The van der Waals surface area contributed by atoms with Gasteiger partial charge in [0, 0.05) is 10.0 Å². The Morgan fingerprint density at radius 3 is 2.77 bits per heavy atom. The summed E-state index contributed by atoms with van der Waals surface area (Å²) in [6, 6.07) is 12.0. The summed E-state index contributed by atoms with van der Waals surface area (Å²) in [6.07, 6.45) is 1.59. The Hall–Kier alpha value is -2.32. The molecule has 6 nitrogen and oxygen atoms in total. The maximum absolute atomic E-state index is 6.15. The van der Waals surface area contributed by atoms with Gasteiger partial charge in [-0.15, -0.1) is 0 Å². The third-order valence-corrected chi connectivity index (χ3v) is 5.03. The average molecular weight is 435 g/mol. The van der Waals surface area contributed by atoms with Crippen LogP contribution in [-0.4, -0.2) is 22.0 Å². The van der Waals surface area contributed by atoms with Gasteiger partial charge >= 0.3 is 0 Å². The number of H-pyrrole nitrogens is 1. The van der Waals surface area contributed by atoms with Crippen molar-refractivity contribution >= 4 is 28.1 Å². The lowest BCUT2D eigenvalue weighted by Crippen LogP contribution is -2.15. The third kappa shape index (κ3) is 4.08. The molecule has 3 aromatic rings. The van der Waals surface area contributed by atoms with Crippen LogP contribution in [0.5, 0.6) is 11.5 Å². The summed E-state index contributed by atoms with van der Waals surface area (Å²) < 4.78 is 14.7. The zero-order chi connectivity index (χ0) is 18.5. The van der Waals surface area contributed by atoms with Gasteiger partial charge in [0.2, 0.25) is 4.77 Å². The van der Waals surface area contributed by atoms with Gasteiger partial charge in [-0.3, -0.25) is 5.10 Å². The van der Waals surface area contributed by atoms with E-state index in [1.807, 2.05) is 24.3 Å². The van der Waals surface area contributed by atoms with Crippen molar-refractivity contribution in [3.63, 3.8) is 0 Å². The highest BCUT2D eigenvalue weighted by molar-refractivity contribution is 9.10. The number of hydrogen-bond donors (Lipinski definition) is 2. The molecule has 1 aromatic heterocycles. The summed E-state index contributed by atoms with van der Waals surface area (Å²) in [4.78, 5) is 0. The molecular weight excluding hydrogens is 416 g/mol. The van der Waals surface area contributed by atoms with E-state index >= 15 is 0 Å². The number of methoxy groups -OCH3 is 1. The predicted octanol–water partition coefficient (Wildman–Crippen LogP) is 4.34. The summed E-state index contributed by atoms with van der Waals surface area (Å²) >= 11 is 8.76. The average Bonchev–Trinajstić information content (AvgIpc) is 3.05. The highest BCUT2D eigenvalue weighted by Gasteiger charge is 2.15. The fraction of sp³-hybridized carbons (Fsp3) is 0.222. The first-order chi connectivity index (χ1) is 12.6. The van der Waals surface area contributed by atoms with Gasteiger partial charge in [-0.1, -0.05) is 40.2 Å². The fourth-order valence-electron chi connectivity index (χ4n) is 2.51. The van der Waals surface area contributed by atoms with Gasteiger partial charge in [0.05, 0.1) is 13.7 Å². The Kier molecular flexibility index (Phi) is 5.95. The van der Waals surface area contributed by atoms with Crippen LogP contribution in [0, 0.1) is 11.7 Å². The van der Waals surface area contributed by atoms with E-state index in [0.29, 0.717) is 29.4 Å². The molecule has 0 aliphatic rings. The second kappa shape index (κ2) is 8.37. The normalized spacial score (nSPS) is 10.6. The molecule has 0 fully saturated rings. The molecule has 0 spiro atoms. The molecule has 0 bridgehead atoms. The molecule has 136 valence electrons. The van der Waals surface area contributed by atoms with Crippen molar-refractivity contribution in [1.82, 2.24) is 14.9 Å². The number of nitrogens with one attached hydrogen (secondary N) is 2. The van der Waals surface area contributed by atoms with Crippen LogP contribution in [0.3, 0.4) is 0 Å². The smallest absolute Gasteiger partial charge is 0.214 e. The number of aryl methyl sites for hydroxylation is 1. The molecule has 0 saturated carbocycles. The molecular formula is C18H19BrN4O2S. The lowest BCUT2D eigenvalue weighted by atomic mass is 10.1. The zero-order valence-electron chi connectivity index (χ0n) is 14.5. The first-order valence-corrected chi connectivity index (χ1v) is 9.19. The molecule has 0 amide bonds. The van der Waals surface area contributed by atoms with Gasteiger partial charge < -0.3 is 14.9 Å².